The molecule has 1 aliphatic rings. The van der Waals surface area contributed by atoms with Crippen LogP contribution in [-0.2, 0) is 11.3 Å². The third-order valence-corrected chi connectivity index (χ3v) is 6.15. The number of rotatable bonds is 6. The molecular weight excluding hydrogens is 410 g/mol. The molecule has 0 aliphatic carbocycles. The topological polar surface area (TPSA) is 41.7 Å². The third kappa shape index (κ3) is 4.10. The highest BCUT2D eigenvalue weighted by molar-refractivity contribution is 5.69. The molecule has 166 valence electrons. The molecule has 1 unspecified atom stereocenters. The highest BCUT2D eigenvalue weighted by Gasteiger charge is 2.29. The zero-order valence-corrected chi connectivity index (χ0v) is 19.1. The first-order chi connectivity index (χ1) is 16.1. The second kappa shape index (κ2) is 8.87. The van der Waals surface area contributed by atoms with E-state index in [1.807, 2.05) is 37.1 Å². The van der Waals surface area contributed by atoms with E-state index in [2.05, 4.69) is 83.8 Å². The summed E-state index contributed by atoms with van der Waals surface area (Å²) < 4.78 is 11.6. The lowest BCUT2D eigenvalue weighted by Gasteiger charge is -2.25. The van der Waals surface area contributed by atoms with Crippen LogP contribution in [-0.4, -0.2) is 12.2 Å². The predicted octanol–water partition coefficient (Wildman–Crippen LogP) is 6.60. The summed E-state index contributed by atoms with van der Waals surface area (Å²) in [5.41, 5.74) is 7.77. The minimum Gasteiger partial charge on any atom is -0.472 e. The van der Waals surface area contributed by atoms with Gasteiger partial charge in [0.2, 0.25) is 12.1 Å². The average Bonchev–Trinajstić information content (AvgIpc) is 3.46. The van der Waals surface area contributed by atoms with Crippen molar-refractivity contribution in [1.29, 1.82) is 0 Å². The largest absolute Gasteiger partial charge is 0.472 e. The number of benzene rings is 3. The molecule has 4 aromatic rings. The Morgan fingerprint density at radius 2 is 1.67 bits per heavy atom. The molecule has 0 bridgehead atoms. The predicted molar refractivity (Wildman–Crippen MR) is 132 cm³/mol. The van der Waals surface area contributed by atoms with Gasteiger partial charge in [0.25, 0.3) is 0 Å². The molecule has 1 aromatic heterocycles. The minimum atomic E-state index is -0.304. The van der Waals surface area contributed by atoms with Crippen LogP contribution in [0, 0.1) is 13.8 Å². The van der Waals surface area contributed by atoms with Crippen LogP contribution in [0.15, 0.2) is 95.8 Å². The van der Waals surface area contributed by atoms with Crippen LogP contribution >= 0.6 is 0 Å². The van der Waals surface area contributed by atoms with Gasteiger partial charge >= 0.3 is 0 Å². The van der Waals surface area contributed by atoms with Crippen LogP contribution in [0.4, 0.5) is 11.6 Å². The Labute approximate surface area is 194 Å². The van der Waals surface area contributed by atoms with E-state index in [0.717, 1.165) is 23.4 Å². The molecule has 0 amide bonds. The highest BCUT2D eigenvalue weighted by atomic mass is 16.5. The van der Waals surface area contributed by atoms with Gasteiger partial charge in [-0.2, -0.15) is 0 Å². The van der Waals surface area contributed by atoms with Gasteiger partial charge in [-0.25, -0.2) is 0 Å². The van der Waals surface area contributed by atoms with Crippen LogP contribution in [0.2, 0.25) is 0 Å². The molecule has 5 nitrogen and oxygen atoms in total. The van der Waals surface area contributed by atoms with Gasteiger partial charge in [0.1, 0.15) is 6.26 Å². The fourth-order valence-electron chi connectivity index (χ4n) is 4.20. The summed E-state index contributed by atoms with van der Waals surface area (Å²) >= 11 is 0. The molecule has 3 aromatic carbocycles. The molecular formula is C28H27N3O2. The molecule has 0 N–H and O–H groups in total. The molecule has 1 atom stereocenters. The monoisotopic (exact) mass is 437 g/mol. The van der Waals surface area contributed by atoms with Crippen molar-refractivity contribution in [2.75, 3.05) is 16.8 Å². The summed E-state index contributed by atoms with van der Waals surface area (Å²) in [4.78, 5) is 4.26. The minimum absolute atomic E-state index is 0.304. The van der Waals surface area contributed by atoms with Gasteiger partial charge in [-0.05, 0) is 48.7 Å². The van der Waals surface area contributed by atoms with E-state index in [1.54, 1.807) is 6.26 Å². The van der Waals surface area contributed by atoms with E-state index in [4.69, 9.17) is 9.26 Å². The Bertz CT molecular complexity index is 1270. The first kappa shape index (κ1) is 20.9. The number of aryl methyl sites for hydroxylation is 1. The zero-order chi connectivity index (χ0) is 22.8. The van der Waals surface area contributed by atoms with E-state index in [9.17, 15) is 0 Å². The van der Waals surface area contributed by atoms with Gasteiger partial charge < -0.3 is 14.2 Å². The Morgan fingerprint density at radius 3 is 2.36 bits per heavy atom. The first-order valence-corrected chi connectivity index (χ1v) is 11.1. The van der Waals surface area contributed by atoms with Crippen molar-refractivity contribution in [1.82, 2.24) is 5.16 Å². The molecule has 5 heteroatoms. The molecule has 0 saturated carbocycles. The van der Waals surface area contributed by atoms with E-state index in [1.165, 1.54) is 22.4 Å². The number of nitrogens with zero attached hydrogens (tertiary/aromatic N) is 3. The van der Waals surface area contributed by atoms with Gasteiger partial charge in [-0.1, -0.05) is 65.8 Å². The van der Waals surface area contributed by atoms with Crippen LogP contribution in [0.1, 0.15) is 28.6 Å². The van der Waals surface area contributed by atoms with Crippen molar-refractivity contribution in [2.45, 2.75) is 26.6 Å². The lowest BCUT2D eigenvalue weighted by molar-refractivity contribution is 0.169. The number of hydrogen-bond acceptors (Lipinski definition) is 5. The SMILES string of the molecule is Cc1noc(N2C=COC2c2ccc(-c3ccccc3)c(CN(C)c3ccccc3)c2)c1C. The molecule has 0 spiro atoms. The third-order valence-electron chi connectivity index (χ3n) is 6.15. The van der Waals surface area contributed by atoms with E-state index in [0.29, 0.717) is 5.88 Å². The Kier molecular flexibility index (Phi) is 5.61. The molecule has 1 aliphatic heterocycles. The molecule has 0 radical (unpaired) electrons. The quantitative estimate of drug-likeness (QED) is 0.340. The van der Waals surface area contributed by atoms with Gasteiger partial charge in [-0.3, -0.25) is 4.90 Å². The van der Waals surface area contributed by atoms with E-state index in [-0.39, 0.29) is 6.23 Å². The van der Waals surface area contributed by atoms with E-state index < -0.39 is 0 Å². The average molecular weight is 438 g/mol. The smallest absolute Gasteiger partial charge is 0.237 e. The molecule has 33 heavy (non-hydrogen) atoms. The maximum Gasteiger partial charge on any atom is 0.237 e. The van der Waals surface area contributed by atoms with Crippen molar-refractivity contribution in [3.8, 4) is 11.1 Å². The number of ether oxygens (including phenoxy) is 1. The number of anilines is 2. The van der Waals surface area contributed by atoms with Gasteiger partial charge in [0.05, 0.1) is 5.69 Å². The van der Waals surface area contributed by atoms with Crippen LogP contribution < -0.4 is 9.80 Å². The zero-order valence-electron chi connectivity index (χ0n) is 19.1. The Balaban J connectivity index is 1.53. The lowest BCUT2D eigenvalue weighted by atomic mass is 9.96. The first-order valence-electron chi connectivity index (χ1n) is 11.1. The standard InChI is InChI=1S/C28H27N3O2/c1-20-21(2)29-33-27(20)31-16-17-32-28(31)23-14-15-26(22-10-6-4-7-11-22)24(18-23)19-30(3)25-12-8-5-9-13-25/h4-18,28H,19H2,1-3H3. The van der Waals surface area contributed by atoms with Gasteiger partial charge in [-0.15, -0.1) is 0 Å². The Morgan fingerprint density at radius 1 is 0.939 bits per heavy atom. The maximum atomic E-state index is 6.00. The van der Waals surface area contributed by atoms with Crippen molar-refractivity contribution in [3.63, 3.8) is 0 Å². The van der Waals surface area contributed by atoms with Gasteiger partial charge in [0, 0.05) is 36.6 Å². The second-order valence-corrected chi connectivity index (χ2v) is 8.35. The molecule has 0 fully saturated rings. The van der Waals surface area contributed by atoms with Crippen LogP contribution in [0.25, 0.3) is 11.1 Å². The van der Waals surface area contributed by atoms with Gasteiger partial charge in [0.15, 0.2) is 0 Å². The summed E-state index contributed by atoms with van der Waals surface area (Å²) in [5.74, 6) is 0.710. The summed E-state index contributed by atoms with van der Waals surface area (Å²) in [6.45, 7) is 4.73. The fraction of sp³-hybridized carbons (Fsp3) is 0.179. The summed E-state index contributed by atoms with van der Waals surface area (Å²) in [5, 5.41) is 4.12. The molecule has 0 saturated heterocycles. The molecule has 5 rings (SSSR count). The highest BCUT2D eigenvalue weighted by Crippen LogP contribution is 2.37. The Hall–Kier alpha value is -3.99. The summed E-state index contributed by atoms with van der Waals surface area (Å²) in [7, 11) is 2.12. The summed E-state index contributed by atoms with van der Waals surface area (Å²) in [6, 6.07) is 27.5. The second-order valence-electron chi connectivity index (χ2n) is 8.35. The summed E-state index contributed by atoms with van der Waals surface area (Å²) in [6.07, 6.45) is 3.31. The normalized spacial score (nSPS) is 15.0. The van der Waals surface area contributed by atoms with E-state index >= 15 is 0 Å². The van der Waals surface area contributed by atoms with Crippen LogP contribution in [0.3, 0.4) is 0 Å². The number of aromatic nitrogens is 1. The molecule has 2 heterocycles. The fourth-order valence-corrected chi connectivity index (χ4v) is 4.20. The number of para-hydroxylation sites is 1. The van der Waals surface area contributed by atoms with Crippen LogP contribution in [0.5, 0.6) is 0 Å². The van der Waals surface area contributed by atoms with Crippen molar-refractivity contribution in [2.24, 2.45) is 0 Å². The number of hydrogen-bond donors (Lipinski definition) is 0. The lowest BCUT2D eigenvalue weighted by Crippen LogP contribution is -2.21. The van der Waals surface area contributed by atoms with Crippen molar-refractivity contribution < 1.29 is 9.26 Å². The maximum absolute atomic E-state index is 6.00. The van der Waals surface area contributed by atoms with Crippen molar-refractivity contribution in [3.05, 3.63) is 114 Å². The van der Waals surface area contributed by atoms with Crippen molar-refractivity contribution >= 4 is 11.6 Å².